The number of ketones is 1. The van der Waals surface area contributed by atoms with Crippen molar-refractivity contribution in [2.75, 3.05) is 12.4 Å². The highest BCUT2D eigenvalue weighted by atomic mass is 16.6. The van der Waals surface area contributed by atoms with Crippen LogP contribution in [0.2, 0.25) is 0 Å². The van der Waals surface area contributed by atoms with Crippen LogP contribution in [0.25, 0.3) is 0 Å². The molecule has 2 heterocycles. The van der Waals surface area contributed by atoms with Gasteiger partial charge in [-0.15, -0.1) is 0 Å². The summed E-state index contributed by atoms with van der Waals surface area (Å²) in [6.07, 6.45) is 0. The van der Waals surface area contributed by atoms with Crippen LogP contribution in [0.15, 0.2) is 59.8 Å². The number of fused-ring (bicyclic) bond motifs is 1. The van der Waals surface area contributed by atoms with Crippen LogP contribution in [0.4, 0.5) is 17.3 Å². The Bertz CT molecular complexity index is 1330. The molecule has 1 N–H and O–H groups in total. The number of carbonyl (C=O) groups is 2. The monoisotopic (exact) mass is 451 g/mol. The number of nitrogens with one attached hydrogen (secondary N) is 1. The number of nitrogens with zero attached hydrogens (tertiary/aromatic N) is 6. The molecule has 0 unspecified atom stereocenters. The highest BCUT2D eigenvalue weighted by molar-refractivity contribution is 6.15. The lowest BCUT2D eigenvalue weighted by molar-refractivity contribution is -0.385. The van der Waals surface area contributed by atoms with Crippen molar-refractivity contribution in [3.05, 3.63) is 91.2 Å². The molecule has 0 aliphatic carbocycles. The maximum absolute atomic E-state index is 13.6. The first-order chi connectivity index (χ1) is 15.8. The normalized spacial score (nSPS) is 14.8. The van der Waals surface area contributed by atoms with Gasteiger partial charge in [0.25, 0.3) is 11.4 Å². The maximum atomic E-state index is 13.6. The average molecular weight is 451 g/mol. The molecule has 1 aliphatic heterocycles. The number of hydrogen-bond acceptors (Lipinski definition) is 11. The van der Waals surface area contributed by atoms with Crippen molar-refractivity contribution >= 4 is 29.1 Å². The van der Waals surface area contributed by atoms with Crippen LogP contribution in [0, 0.1) is 20.2 Å². The fourth-order valence-electron chi connectivity index (χ4n) is 3.45. The van der Waals surface area contributed by atoms with Gasteiger partial charge >= 0.3 is 5.97 Å². The average Bonchev–Trinajstić information content (AvgIpc) is 3.30. The third kappa shape index (κ3) is 3.65. The van der Waals surface area contributed by atoms with E-state index in [9.17, 15) is 29.8 Å². The third-order valence-electron chi connectivity index (χ3n) is 4.92. The van der Waals surface area contributed by atoms with Gasteiger partial charge in [0.15, 0.2) is 5.78 Å². The van der Waals surface area contributed by atoms with E-state index in [1.165, 1.54) is 36.4 Å². The number of allylic oxidation sites excluding steroid dienone is 1. The van der Waals surface area contributed by atoms with Crippen molar-refractivity contribution in [3.8, 4) is 0 Å². The molecular weight excluding hydrogens is 438 g/mol. The van der Waals surface area contributed by atoms with E-state index in [2.05, 4.69) is 20.8 Å². The van der Waals surface area contributed by atoms with Gasteiger partial charge in [-0.25, -0.2) is 4.79 Å². The Labute approximate surface area is 183 Å². The summed E-state index contributed by atoms with van der Waals surface area (Å²) < 4.78 is 5.93. The number of nitro benzene ring substituents is 2. The number of hydrogen-bond donors (Lipinski definition) is 1. The molecule has 14 nitrogen and oxygen atoms in total. The molecule has 4 rings (SSSR count). The van der Waals surface area contributed by atoms with E-state index in [0.717, 1.165) is 23.9 Å². The number of esters is 1. The molecule has 3 aromatic rings. The molecule has 166 valence electrons. The van der Waals surface area contributed by atoms with Gasteiger partial charge in [0.1, 0.15) is 11.7 Å². The second kappa shape index (κ2) is 8.26. The number of tetrazole rings is 1. The number of non-ortho nitro benzene ring substituents is 1. The fourth-order valence-corrected chi connectivity index (χ4v) is 3.45. The maximum Gasteiger partial charge on any atom is 0.355 e. The van der Waals surface area contributed by atoms with Crippen LogP contribution in [0.1, 0.15) is 22.0 Å². The Balaban J connectivity index is 1.97. The van der Waals surface area contributed by atoms with Gasteiger partial charge < -0.3 is 10.1 Å². The Morgan fingerprint density at radius 1 is 1.06 bits per heavy atom. The van der Waals surface area contributed by atoms with E-state index in [0.29, 0.717) is 0 Å². The van der Waals surface area contributed by atoms with E-state index < -0.39 is 27.6 Å². The van der Waals surface area contributed by atoms with Crippen LogP contribution in [-0.2, 0) is 9.53 Å². The minimum absolute atomic E-state index is 0.00101. The van der Waals surface area contributed by atoms with Gasteiger partial charge in [-0.2, -0.15) is 4.68 Å². The summed E-state index contributed by atoms with van der Waals surface area (Å²) in [5, 5.41) is 36.4. The lowest BCUT2D eigenvalue weighted by Crippen LogP contribution is -2.33. The van der Waals surface area contributed by atoms with Crippen molar-refractivity contribution in [3.63, 3.8) is 0 Å². The molecular formula is C19H13N7O7. The van der Waals surface area contributed by atoms with Gasteiger partial charge in [-0.05, 0) is 28.6 Å². The first-order valence-corrected chi connectivity index (χ1v) is 9.23. The Morgan fingerprint density at radius 2 is 1.76 bits per heavy atom. The molecule has 1 aliphatic rings. The molecule has 0 bridgehead atoms. The molecule has 14 heteroatoms. The number of methoxy groups -OCH3 is 1. The molecule has 2 aromatic carbocycles. The number of Topliss-reactive ketones (excluding diaryl/α,β-unsaturated/α-hetero) is 1. The molecule has 0 saturated carbocycles. The zero-order valence-corrected chi connectivity index (χ0v) is 16.7. The van der Waals surface area contributed by atoms with E-state index in [4.69, 9.17) is 4.74 Å². The van der Waals surface area contributed by atoms with Crippen molar-refractivity contribution in [2.24, 2.45) is 0 Å². The van der Waals surface area contributed by atoms with Crippen molar-refractivity contribution in [1.29, 1.82) is 0 Å². The number of ether oxygens (including phenoxy) is 1. The number of benzene rings is 2. The summed E-state index contributed by atoms with van der Waals surface area (Å²) in [5.41, 5.74) is -1.07. The zero-order chi connectivity index (χ0) is 23.7. The summed E-state index contributed by atoms with van der Waals surface area (Å²) in [5.74, 6) is -1.71. The van der Waals surface area contributed by atoms with Crippen molar-refractivity contribution < 1.29 is 24.2 Å². The number of nitro groups is 2. The van der Waals surface area contributed by atoms with Gasteiger partial charge in [0.2, 0.25) is 5.95 Å². The molecule has 0 saturated heterocycles. The lowest BCUT2D eigenvalue weighted by Gasteiger charge is -2.27. The quantitative estimate of drug-likeness (QED) is 0.249. The van der Waals surface area contributed by atoms with E-state index in [1.54, 1.807) is 0 Å². The molecule has 33 heavy (non-hydrogen) atoms. The summed E-state index contributed by atoms with van der Waals surface area (Å²) in [6.45, 7) is 0. The third-order valence-corrected chi connectivity index (χ3v) is 4.92. The van der Waals surface area contributed by atoms with Crippen LogP contribution in [0.5, 0.6) is 0 Å². The van der Waals surface area contributed by atoms with E-state index in [1.807, 2.05) is 0 Å². The van der Waals surface area contributed by atoms with Gasteiger partial charge in [0, 0.05) is 23.8 Å². The first-order valence-electron chi connectivity index (χ1n) is 9.23. The molecule has 0 fully saturated rings. The second-order valence-corrected chi connectivity index (χ2v) is 6.70. The highest BCUT2D eigenvalue weighted by Gasteiger charge is 2.41. The number of anilines is 1. The molecule has 1 aromatic heterocycles. The van der Waals surface area contributed by atoms with Gasteiger partial charge in [-0.3, -0.25) is 25.0 Å². The van der Waals surface area contributed by atoms with Crippen LogP contribution < -0.4 is 5.32 Å². The van der Waals surface area contributed by atoms with Gasteiger partial charge in [0.05, 0.1) is 28.1 Å². The molecule has 0 radical (unpaired) electrons. The molecule has 0 spiro atoms. The van der Waals surface area contributed by atoms with Crippen molar-refractivity contribution in [1.82, 2.24) is 20.2 Å². The number of rotatable bonds is 6. The summed E-state index contributed by atoms with van der Waals surface area (Å²) >= 11 is 0. The fraction of sp³-hybridized carbons (Fsp3) is 0.105. The Hall–Kier alpha value is -5.01. The predicted molar refractivity (Wildman–Crippen MR) is 109 cm³/mol. The molecule has 0 amide bonds. The Morgan fingerprint density at radius 3 is 2.39 bits per heavy atom. The van der Waals surface area contributed by atoms with Crippen LogP contribution in [-0.4, -0.2) is 48.9 Å². The Kier molecular flexibility index (Phi) is 5.31. The van der Waals surface area contributed by atoms with Crippen LogP contribution in [0.3, 0.4) is 0 Å². The first kappa shape index (κ1) is 21.2. The smallest absolute Gasteiger partial charge is 0.355 e. The highest BCUT2D eigenvalue weighted by Crippen LogP contribution is 2.40. The predicted octanol–water partition coefficient (Wildman–Crippen LogP) is 1.81. The second-order valence-electron chi connectivity index (χ2n) is 6.70. The standard InChI is InChI=1S/C19H13N7O7/c1-33-18(28)15-14(17(27)10-6-8-11(9-7-10)25(29)30)16(24-19(20-15)21-22-23-24)12-4-2-3-5-13(12)26(31)32/h2-9,16H,1H3,(H,20,21,23)/t16-/m1/s1. The topological polar surface area (TPSA) is 185 Å². The largest absolute Gasteiger partial charge is 0.464 e. The van der Waals surface area contributed by atoms with E-state index in [-0.39, 0.29) is 39.7 Å². The van der Waals surface area contributed by atoms with Crippen molar-refractivity contribution in [2.45, 2.75) is 6.04 Å². The SMILES string of the molecule is COC(=O)C1=C(C(=O)c2ccc([N+](=O)[O-])cc2)[C@@H](c2ccccc2[N+](=O)[O-])n2nnnc2N1. The number of para-hydroxylation sites is 1. The van der Waals surface area contributed by atoms with Gasteiger partial charge in [-0.1, -0.05) is 17.2 Å². The summed E-state index contributed by atoms with van der Waals surface area (Å²) in [7, 11) is 1.10. The van der Waals surface area contributed by atoms with E-state index >= 15 is 0 Å². The number of aromatic nitrogens is 4. The zero-order valence-electron chi connectivity index (χ0n) is 16.7. The lowest BCUT2D eigenvalue weighted by atomic mass is 9.88. The number of carbonyl (C=O) groups excluding carboxylic acids is 2. The minimum Gasteiger partial charge on any atom is -0.464 e. The minimum atomic E-state index is -1.27. The van der Waals surface area contributed by atoms with Crippen LogP contribution >= 0.6 is 0 Å². The summed E-state index contributed by atoms with van der Waals surface area (Å²) in [4.78, 5) is 47.6. The molecule has 1 atom stereocenters. The summed E-state index contributed by atoms with van der Waals surface area (Å²) in [6, 6.07) is 9.06.